The summed E-state index contributed by atoms with van der Waals surface area (Å²) in [7, 11) is 0. The molecule has 2 saturated carbocycles. The maximum Gasteiger partial charge on any atom is 0.230 e. The fourth-order valence-electron chi connectivity index (χ4n) is 2.90. The number of hydrogen-bond donors (Lipinski definition) is 1. The van der Waals surface area contributed by atoms with Gasteiger partial charge in [0.15, 0.2) is 5.82 Å². The van der Waals surface area contributed by atoms with Crippen molar-refractivity contribution < 1.29 is 4.52 Å². The molecule has 2 atom stereocenters. The van der Waals surface area contributed by atoms with Crippen molar-refractivity contribution >= 4 is 0 Å². The molecule has 1 heterocycles. The predicted octanol–water partition coefficient (Wildman–Crippen LogP) is 2.25. The van der Waals surface area contributed by atoms with Crippen LogP contribution in [0.25, 0.3) is 0 Å². The minimum atomic E-state index is 0.411. The number of hydrogen-bond acceptors (Lipinski definition) is 4. The summed E-state index contributed by atoms with van der Waals surface area (Å²) in [6, 6.07) is 0. The summed E-state index contributed by atoms with van der Waals surface area (Å²) in [4.78, 5) is 4.58. The van der Waals surface area contributed by atoms with Crippen molar-refractivity contribution in [3.05, 3.63) is 11.7 Å². The molecule has 2 aliphatic rings. The van der Waals surface area contributed by atoms with E-state index in [9.17, 15) is 0 Å². The summed E-state index contributed by atoms with van der Waals surface area (Å²) < 4.78 is 5.45. The first-order valence-corrected chi connectivity index (χ1v) is 6.89. The van der Waals surface area contributed by atoms with Crippen LogP contribution in [0, 0.1) is 11.8 Å². The molecule has 1 aromatic heterocycles. The van der Waals surface area contributed by atoms with Crippen LogP contribution in [0.3, 0.4) is 0 Å². The summed E-state index contributed by atoms with van der Waals surface area (Å²) >= 11 is 0. The molecule has 2 N–H and O–H groups in total. The van der Waals surface area contributed by atoms with E-state index in [4.69, 9.17) is 10.3 Å². The van der Waals surface area contributed by atoms with E-state index in [1.54, 1.807) is 0 Å². The van der Waals surface area contributed by atoms with Crippen molar-refractivity contribution in [1.29, 1.82) is 0 Å². The smallest absolute Gasteiger partial charge is 0.230 e. The van der Waals surface area contributed by atoms with Crippen LogP contribution in [-0.4, -0.2) is 16.7 Å². The van der Waals surface area contributed by atoms with Crippen LogP contribution in [0.5, 0.6) is 0 Å². The van der Waals surface area contributed by atoms with Crippen molar-refractivity contribution in [2.24, 2.45) is 17.6 Å². The fourth-order valence-corrected chi connectivity index (χ4v) is 2.90. The third-order valence-electron chi connectivity index (χ3n) is 4.18. The van der Waals surface area contributed by atoms with Gasteiger partial charge in [0, 0.05) is 12.3 Å². The number of nitrogens with zero attached hydrogens (tertiary/aromatic N) is 2. The lowest BCUT2D eigenvalue weighted by molar-refractivity contribution is 0.249. The summed E-state index contributed by atoms with van der Waals surface area (Å²) in [5.41, 5.74) is 5.84. The average molecular weight is 235 g/mol. The minimum absolute atomic E-state index is 0.411. The summed E-state index contributed by atoms with van der Waals surface area (Å²) in [5, 5.41) is 4.11. The molecular weight excluding hydrogens is 214 g/mol. The van der Waals surface area contributed by atoms with Crippen molar-refractivity contribution in [1.82, 2.24) is 10.1 Å². The predicted molar refractivity (Wildman–Crippen MR) is 64.5 cm³/mol. The Morgan fingerprint density at radius 1 is 1.18 bits per heavy atom. The zero-order valence-electron chi connectivity index (χ0n) is 10.3. The molecule has 0 aromatic carbocycles. The van der Waals surface area contributed by atoms with Crippen molar-refractivity contribution in [3.8, 4) is 0 Å². The number of rotatable bonds is 4. The molecule has 2 aliphatic carbocycles. The molecule has 1 aromatic rings. The van der Waals surface area contributed by atoms with Gasteiger partial charge < -0.3 is 10.3 Å². The Balaban J connectivity index is 1.70. The van der Waals surface area contributed by atoms with Gasteiger partial charge in [-0.05, 0) is 44.1 Å². The normalized spacial score (nSPS) is 29.5. The number of aromatic nitrogens is 2. The lowest BCUT2D eigenvalue weighted by Crippen LogP contribution is -2.25. The number of nitrogens with two attached hydrogens (primary N) is 1. The zero-order chi connectivity index (χ0) is 11.7. The van der Waals surface area contributed by atoms with Gasteiger partial charge in [0.05, 0.1) is 0 Å². The molecule has 3 rings (SSSR count). The monoisotopic (exact) mass is 235 g/mol. The van der Waals surface area contributed by atoms with Gasteiger partial charge >= 0.3 is 0 Å². The van der Waals surface area contributed by atoms with Crippen LogP contribution < -0.4 is 5.73 Å². The zero-order valence-corrected chi connectivity index (χ0v) is 10.3. The van der Waals surface area contributed by atoms with Gasteiger partial charge in [0.25, 0.3) is 0 Å². The van der Waals surface area contributed by atoms with Gasteiger partial charge in [-0.1, -0.05) is 18.0 Å². The molecule has 4 nitrogen and oxygen atoms in total. The highest BCUT2D eigenvalue weighted by atomic mass is 16.5. The molecule has 0 aliphatic heterocycles. The molecule has 2 fully saturated rings. The topological polar surface area (TPSA) is 64.9 Å². The van der Waals surface area contributed by atoms with Crippen molar-refractivity contribution in [2.75, 3.05) is 6.54 Å². The molecular formula is C13H21N3O. The Morgan fingerprint density at radius 2 is 2.00 bits per heavy atom. The van der Waals surface area contributed by atoms with Crippen molar-refractivity contribution in [3.63, 3.8) is 0 Å². The highest BCUT2D eigenvalue weighted by molar-refractivity contribution is 5.00. The molecule has 0 radical (unpaired) electrons. The van der Waals surface area contributed by atoms with E-state index in [0.29, 0.717) is 11.8 Å². The second kappa shape index (κ2) is 4.77. The van der Waals surface area contributed by atoms with Crippen molar-refractivity contribution in [2.45, 2.75) is 50.9 Å². The summed E-state index contributed by atoms with van der Waals surface area (Å²) in [6.07, 6.45) is 8.60. The lowest BCUT2D eigenvalue weighted by Gasteiger charge is -2.27. The maximum atomic E-state index is 5.84. The van der Waals surface area contributed by atoms with Gasteiger partial charge in [-0.25, -0.2) is 0 Å². The second-order valence-electron chi connectivity index (χ2n) is 5.58. The van der Waals surface area contributed by atoms with E-state index in [0.717, 1.165) is 37.0 Å². The molecule has 94 valence electrons. The van der Waals surface area contributed by atoms with Gasteiger partial charge in [-0.3, -0.25) is 0 Å². The first kappa shape index (κ1) is 11.2. The Kier molecular flexibility index (Phi) is 3.14. The third kappa shape index (κ3) is 2.51. The average Bonchev–Trinajstić information content (AvgIpc) is 3.05. The quantitative estimate of drug-likeness (QED) is 0.869. The highest BCUT2D eigenvalue weighted by Gasteiger charge is 2.31. The molecule has 0 bridgehead atoms. The van der Waals surface area contributed by atoms with Crippen LogP contribution in [-0.2, 0) is 6.42 Å². The standard InChI is InChI=1S/C13H21N3O/c14-8-10-3-1-2-4-11(10)13-15-12(16-17-13)7-9-5-6-9/h9-11H,1-8,14H2. The van der Waals surface area contributed by atoms with Crippen LogP contribution in [0.1, 0.15) is 56.2 Å². The highest BCUT2D eigenvalue weighted by Crippen LogP contribution is 2.37. The van der Waals surface area contributed by atoms with Gasteiger partial charge in [-0.15, -0.1) is 0 Å². The largest absolute Gasteiger partial charge is 0.339 e. The van der Waals surface area contributed by atoms with E-state index in [1.165, 1.54) is 32.1 Å². The maximum absolute atomic E-state index is 5.84. The van der Waals surface area contributed by atoms with Gasteiger partial charge in [-0.2, -0.15) is 4.98 Å². The van der Waals surface area contributed by atoms with Gasteiger partial charge in [0.2, 0.25) is 5.89 Å². The SMILES string of the molecule is NCC1CCCCC1c1nc(CC2CC2)no1. The molecule has 0 spiro atoms. The molecule has 2 unspecified atom stereocenters. The Labute approximate surface area is 102 Å². The van der Waals surface area contributed by atoms with E-state index in [-0.39, 0.29) is 0 Å². The van der Waals surface area contributed by atoms with E-state index < -0.39 is 0 Å². The third-order valence-corrected chi connectivity index (χ3v) is 4.18. The van der Waals surface area contributed by atoms with Crippen LogP contribution in [0.2, 0.25) is 0 Å². The minimum Gasteiger partial charge on any atom is -0.339 e. The van der Waals surface area contributed by atoms with E-state index in [2.05, 4.69) is 10.1 Å². The van der Waals surface area contributed by atoms with E-state index >= 15 is 0 Å². The Morgan fingerprint density at radius 3 is 2.76 bits per heavy atom. The molecule has 0 saturated heterocycles. The fraction of sp³-hybridized carbons (Fsp3) is 0.846. The van der Waals surface area contributed by atoms with Crippen LogP contribution in [0.4, 0.5) is 0 Å². The second-order valence-corrected chi connectivity index (χ2v) is 5.58. The Bertz CT molecular complexity index is 372. The van der Waals surface area contributed by atoms with Crippen LogP contribution in [0.15, 0.2) is 4.52 Å². The summed E-state index contributed by atoms with van der Waals surface area (Å²) in [5.74, 6) is 3.52. The molecule has 17 heavy (non-hydrogen) atoms. The Hall–Kier alpha value is -0.900. The summed E-state index contributed by atoms with van der Waals surface area (Å²) in [6.45, 7) is 0.741. The first-order chi connectivity index (χ1) is 8.36. The molecule has 0 amide bonds. The first-order valence-electron chi connectivity index (χ1n) is 6.89. The van der Waals surface area contributed by atoms with E-state index in [1.807, 2.05) is 0 Å². The van der Waals surface area contributed by atoms with Crippen LogP contribution >= 0.6 is 0 Å². The lowest BCUT2D eigenvalue weighted by atomic mass is 9.79. The molecule has 4 heteroatoms. The van der Waals surface area contributed by atoms with Gasteiger partial charge in [0.1, 0.15) is 0 Å².